The van der Waals surface area contributed by atoms with Crippen molar-refractivity contribution in [2.45, 2.75) is 57.0 Å². The highest BCUT2D eigenvalue weighted by atomic mass is 32.2. The fraction of sp³-hybridized carbons (Fsp3) is 0.435. The average Bonchev–Trinajstić information content (AvgIpc) is 2.74. The van der Waals surface area contributed by atoms with Crippen molar-refractivity contribution in [2.24, 2.45) is 11.1 Å². The summed E-state index contributed by atoms with van der Waals surface area (Å²) in [5.74, 6) is -0.115. The van der Waals surface area contributed by atoms with Crippen LogP contribution in [-0.4, -0.2) is 25.5 Å². The van der Waals surface area contributed by atoms with E-state index in [1.807, 2.05) is 37.3 Å². The number of rotatable bonds is 6. The van der Waals surface area contributed by atoms with Crippen LogP contribution in [0.5, 0.6) is 0 Å². The predicted molar refractivity (Wildman–Crippen MR) is 116 cm³/mol. The third kappa shape index (κ3) is 7.89. The Labute approximate surface area is 179 Å². The molecule has 3 N–H and O–H groups in total. The molecule has 0 heterocycles. The van der Waals surface area contributed by atoms with Crippen LogP contribution in [0.2, 0.25) is 0 Å². The van der Waals surface area contributed by atoms with E-state index in [0.29, 0.717) is 19.6 Å². The van der Waals surface area contributed by atoms with E-state index >= 15 is 0 Å². The molecule has 0 aliphatic heterocycles. The Bertz CT molecular complexity index is 889. The van der Waals surface area contributed by atoms with E-state index in [9.17, 15) is 13.2 Å². The molecule has 0 amide bonds. The number of esters is 1. The van der Waals surface area contributed by atoms with Crippen LogP contribution in [0.3, 0.4) is 0 Å². The van der Waals surface area contributed by atoms with Crippen LogP contribution < -0.4 is 5.73 Å². The number of ether oxygens (including phenoxy) is 1. The maximum absolute atomic E-state index is 12.0. The summed E-state index contributed by atoms with van der Waals surface area (Å²) in [6, 6.07) is 15.8. The Hall–Kier alpha value is -2.22. The Morgan fingerprint density at radius 3 is 2.17 bits per heavy atom. The molecule has 0 saturated heterocycles. The Morgan fingerprint density at radius 2 is 1.63 bits per heavy atom. The highest BCUT2D eigenvalue weighted by Crippen LogP contribution is 2.38. The van der Waals surface area contributed by atoms with Gasteiger partial charge in [0.25, 0.3) is 10.1 Å². The van der Waals surface area contributed by atoms with Gasteiger partial charge in [0.1, 0.15) is 6.61 Å². The third-order valence-corrected chi connectivity index (χ3v) is 6.30. The van der Waals surface area contributed by atoms with Crippen molar-refractivity contribution in [3.05, 3.63) is 65.7 Å². The molecule has 6 nitrogen and oxygen atoms in total. The fourth-order valence-corrected chi connectivity index (χ4v) is 4.04. The molecule has 3 rings (SSSR count). The first-order valence-electron chi connectivity index (χ1n) is 10.2. The van der Waals surface area contributed by atoms with Gasteiger partial charge in [-0.1, -0.05) is 67.3 Å². The SMILES string of the molecule is Cc1ccc(S(=O)(=O)O)cc1.NCC1(CC(=O)OCc2ccccc2)CCCCC1. The van der Waals surface area contributed by atoms with Crippen LogP contribution in [0.25, 0.3) is 0 Å². The highest BCUT2D eigenvalue weighted by molar-refractivity contribution is 7.85. The van der Waals surface area contributed by atoms with Crippen LogP contribution in [0.4, 0.5) is 0 Å². The second kappa shape index (κ2) is 11.2. The zero-order valence-corrected chi connectivity index (χ0v) is 18.2. The minimum absolute atomic E-state index is 0.00792. The van der Waals surface area contributed by atoms with Crippen LogP contribution in [0, 0.1) is 12.3 Å². The number of hydrogen-bond acceptors (Lipinski definition) is 5. The van der Waals surface area contributed by atoms with Gasteiger partial charge in [0.05, 0.1) is 11.3 Å². The zero-order chi connectivity index (χ0) is 22.0. The first-order chi connectivity index (χ1) is 14.2. The molecule has 0 aromatic heterocycles. The number of nitrogens with two attached hydrogens (primary N) is 1. The maximum Gasteiger partial charge on any atom is 0.306 e. The van der Waals surface area contributed by atoms with Crippen LogP contribution >= 0.6 is 0 Å². The van der Waals surface area contributed by atoms with Gasteiger partial charge in [-0.2, -0.15) is 8.42 Å². The van der Waals surface area contributed by atoms with Crippen LogP contribution in [0.1, 0.15) is 49.7 Å². The summed E-state index contributed by atoms with van der Waals surface area (Å²) < 4.78 is 34.9. The largest absolute Gasteiger partial charge is 0.461 e. The second-order valence-corrected chi connectivity index (χ2v) is 9.30. The highest BCUT2D eigenvalue weighted by Gasteiger charge is 2.33. The topological polar surface area (TPSA) is 107 Å². The molecule has 1 aliphatic carbocycles. The number of carbonyl (C=O) groups is 1. The molecule has 1 fully saturated rings. The number of carbonyl (C=O) groups excluding carboxylic acids is 1. The maximum atomic E-state index is 12.0. The monoisotopic (exact) mass is 433 g/mol. The number of benzene rings is 2. The van der Waals surface area contributed by atoms with Crippen molar-refractivity contribution in [1.29, 1.82) is 0 Å². The van der Waals surface area contributed by atoms with Gasteiger partial charge in [-0.05, 0) is 49.4 Å². The average molecular weight is 434 g/mol. The summed E-state index contributed by atoms with van der Waals surface area (Å²) >= 11 is 0. The van der Waals surface area contributed by atoms with E-state index in [4.69, 9.17) is 15.0 Å². The van der Waals surface area contributed by atoms with Gasteiger partial charge in [0, 0.05) is 0 Å². The summed E-state index contributed by atoms with van der Waals surface area (Å²) in [6.45, 7) is 2.79. The molecule has 1 saturated carbocycles. The fourth-order valence-electron chi connectivity index (χ4n) is 3.56. The molecule has 0 bridgehead atoms. The van der Waals surface area contributed by atoms with Crippen molar-refractivity contribution in [1.82, 2.24) is 0 Å². The van der Waals surface area contributed by atoms with E-state index in [1.54, 1.807) is 12.1 Å². The molecule has 0 unspecified atom stereocenters. The zero-order valence-electron chi connectivity index (χ0n) is 17.4. The molecule has 0 radical (unpaired) electrons. The lowest BCUT2D eigenvalue weighted by Gasteiger charge is -2.35. The Morgan fingerprint density at radius 1 is 1.03 bits per heavy atom. The van der Waals surface area contributed by atoms with Crippen molar-refractivity contribution in [3.63, 3.8) is 0 Å². The lowest BCUT2D eigenvalue weighted by atomic mass is 9.72. The van der Waals surface area contributed by atoms with E-state index in [0.717, 1.165) is 24.0 Å². The molecular weight excluding hydrogens is 402 g/mol. The van der Waals surface area contributed by atoms with E-state index in [-0.39, 0.29) is 16.3 Å². The van der Waals surface area contributed by atoms with Crippen LogP contribution in [0.15, 0.2) is 59.5 Å². The molecule has 1 aliphatic rings. The lowest BCUT2D eigenvalue weighted by molar-refractivity contribution is -0.148. The summed E-state index contributed by atoms with van der Waals surface area (Å²) in [7, 11) is -4.02. The molecule has 164 valence electrons. The first-order valence-corrected chi connectivity index (χ1v) is 11.6. The lowest BCUT2D eigenvalue weighted by Crippen LogP contribution is -2.35. The molecule has 7 heteroatoms. The van der Waals surface area contributed by atoms with E-state index < -0.39 is 10.1 Å². The van der Waals surface area contributed by atoms with Gasteiger partial charge < -0.3 is 10.5 Å². The van der Waals surface area contributed by atoms with Crippen molar-refractivity contribution in [3.8, 4) is 0 Å². The quantitative estimate of drug-likeness (QED) is 0.520. The normalized spacial score (nSPS) is 15.6. The van der Waals surface area contributed by atoms with Gasteiger partial charge >= 0.3 is 5.97 Å². The number of hydrogen-bond donors (Lipinski definition) is 2. The predicted octanol–water partition coefficient (Wildman–Crippen LogP) is 4.27. The van der Waals surface area contributed by atoms with Gasteiger partial charge in [-0.25, -0.2) is 0 Å². The molecule has 2 aromatic carbocycles. The summed E-state index contributed by atoms with van der Waals surface area (Å²) in [6.07, 6.45) is 6.22. The molecule has 0 spiro atoms. The summed E-state index contributed by atoms with van der Waals surface area (Å²) in [5, 5.41) is 0. The van der Waals surface area contributed by atoms with Crippen molar-refractivity contribution in [2.75, 3.05) is 6.54 Å². The molecular formula is C23H31NO5S. The minimum Gasteiger partial charge on any atom is -0.461 e. The van der Waals surface area contributed by atoms with Gasteiger partial charge in [-0.15, -0.1) is 0 Å². The summed E-state index contributed by atoms with van der Waals surface area (Å²) in [5.41, 5.74) is 7.86. The van der Waals surface area contributed by atoms with Gasteiger partial charge in [0.2, 0.25) is 0 Å². The van der Waals surface area contributed by atoms with Crippen LogP contribution in [-0.2, 0) is 26.3 Å². The van der Waals surface area contributed by atoms with Gasteiger partial charge in [-0.3, -0.25) is 9.35 Å². The summed E-state index contributed by atoms with van der Waals surface area (Å²) in [4.78, 5) is 11.9. The smallest absolute Gasteiger partial charge is 0.306 e. The number of aryl methyl sites for hydroxylation is 1. The van der Waals surface area contributed by atoms with E-state index in [2.05, 4.69) is 0 Å². The molecule has 30 heavy (non-hydrogen) atoms. The molecule has 0 atom stereocenters. The Balaban J connectivity index is 0.000000248. The standard InChI is InChI=1S/C16H23NO2.C7H8O3S/c17-13-16(9-5-2-6-10-16)11-15(18)19-12-14-7-3-1-4-8-14;1-6-2-4-7(5-3-6)11(8,9)10/h1,3-4,7-8H,2,5-6,9-13,17H2;2-5H,1H3,(H,8,9,10). The minimum atomic E-state index is -4.02. The first kappa shape index (κ1) is 24.1. The van der Waals surface area contributed by atoms with Crippen molar-refractivity contribution >= 4 is 16.1 Å². The van der Waals surface area contributed by atoms with E-state index in [1.165, 1.54) is 31.4 Å². The van der Waals surface area contributed by atoms with Crippen molar-refractivity contribution < 1.29 is 22.5 Å². The molecule has 2 aromatic rings. The van der Waals surface area contributed by atoms with Gasteiger partial charge in [0.15, 0.2) is 0 Å². The second-order valence-electron chi connectivity index (χ2n) is 7.88. The third-order valence-electron chi connectivity index (χ3n) is 5.43. The Kier molecular flexibility index (Phi) is 9.02.